The van der Waals surface area contributed by atoms with Gasteiger partial charge in [0, 0.05) is 6.54 Å². The molecule has 1 amide bonds. The summed E-state index contributed by atoms with van der Waals surface area (Å²) >= 11 is 0. The second-order valence-electron chi connectivity index (χ2n) is 3.82. The van der Waals surface area contributed by atoms with Crippen molar-refractivity contribution in [3.63, 3.8) is 0 Å². The third-order valence-electron chi connectivity index (χ3n) is 2.28. The molecule has 0 spiro atoms. The summed E-state index contributed by atoms with van der Waals surface area (Å²) in [6.07, 6.45) is 0.0437. The minimum absolute atomic E-state index is 0.0437. The summed E-state index contributed by atoms with van der Waals surface area (Å²) in [6, 6.07) is 5.94. The van der Waals surface area contributed by atoms with Crippen molar-refractivity contribution < 1.29 is 13.7 Å². The summed E-state index contributed by atoms with van der Waals surface area (Å²) < 4.78 is 17.5. The molecule has 6 heteroatoms. The van der Waals surface area contributed by atoms with E-state index < -0.39 is 0 Å². The van der Waals surface area contributed by atoms with E-state index in [4.69, 9.17) is 4.52 Å². The standard InChI is InChI=1S/C12H12FN3O2/c1-8-15-12(18-16-8)6-11(17)14-7-9-2-4-10(13)5-3-9/h2-5H,6-7H2,1H3,(H,14,17). The number of aryl methyl sites for hydroxylation is 1. The second kappa shape index (κ2) is 5.39. The molecule has 2 rings (SSSR count). The quantitative estimate of drug-likeness (QED) is 0.888. The van der Waals surface area contributed by atoms with Gasteiger partial charge in [0.15, 0.2) is 5.82 Å². The Morgan fingerprint density at radius 1 is 1.39 bits per heavy atom. The van der Waals surface area contributed by atoms with Crippen molar-refractivity contribution in [3.8, 4) is 0 Å². The number of carbonyl (C=O) groups excluding carboxylic acids is 1. The maximum atomic E-state index is 12.7. The number of nitrogens with one attached hydrogen (secondary N) is 1. The molecule has 18 heavy (non-hydrogen) atoms. The summed E-state index contributed by atoms with van der Waals surface area (Å²) in [6.45, 7) is 2.02. The molecule has 1 aromatic heterocycles. The largest absolute Gasteiger partial charge is 0.352 e. The Labute approximate surface area is 103 Å². The predicted octanol–water partition coefficient (Wildman–Crippen LogP) is 1.38. The number of benzene rings is 1. The van der Waals surface area contributed by atoms with Crippen LogP contribution in [0, 0.1) is 12.7 Å². The van der Waals surface area contributed by atoms with Crippen molar-refractivity contribution in [2.75, 3.05) is 0 Å². The first-order valence-electron chi connectivity index (χ1n) is 5.44. The highest BCUT2D eigenvalue weighted by molar-refractivity contribution is 5.77. The van der Waals surface area contributed by atoms with Gasteiger partial charge in [0.05, 0.1) is 0 Å². The molecule has 1 N–H and O–H groups in total. The Morgan fingerprint density at radius 2 is 2.11 bits per heavy atom. The van der Waals surface area contributed by atoms with Crippen LogP contribution in [-0.4, -0.2) is 16.0 Å². The molecule has 0 radical (unpaired) electrons. The van der Waals surface area contributed by atoms with E-state index in [1.807, 2.05) is 0 Å². The van der Waals surface area contributed by atoms with Gasteiger partial charge in [0.2, 0.25) is 11.8 Å². The minimum Gasteiger partial charge on any atom is -0.352 e. The molecule has 0 aliphatic rings. The van der Waals surface area contributed by atoms with Crippen LogP contribution in [0.1, 0.15) is 17.3 Å². The van der Waals surface area contributed by atoms with Gasteiger partial charge in [-0.2, -0.15) is 4.98 Å². The fraction of sp³-hybridized carbons (Fsp3) is 0.250. The van der Waals surface area contributed by atoms with Crippen molar-refractivity contribution in [1.82, 2.24) is 15.5 Å². The van der Waals surface area contributed by atoms with Crippen LogP contribution >= 0.6 is 0 Å². The SMILES string of the molecule is Cc1noc(CC(=O)NCc2ccc(F)cc2)n1. The Morgan fingerprint density at radius 3 is 2.72 bits per heavy atom. The molecule has 0 aliphatic carbocycles. The molecule has 1 aromatic carbocycles. The lowest BCUT2D eigenvalue weighted by Gasteiger charge is -2.03. The molecule has 0 aliphatic heterocycles. The average Bonchev–Trinajstić information content (AvgIpc) is 2.74. The highest BCUT2D eigenvalue weighted by atomic mass is 19.1. The normalized spacial score (nSPS) is 10.3. The van der Waals surface area contributed by atoms with E-state index >= 15 is 0 Å². The molecule has 94 valence electrons. The average molecular weight is 249 g/mol. The predicted molar refractivity (Wildman–Crippen MR) is 61.0 cm³/mol. The number of rotatable bonds is 4. The fourth-order valence-corrected chi connectivity index (χ4v) is 1.41. The number of halogens is 1. The van der Waals surface area contributed by atoms with Crippen LogP contribution in [0.3, 0.4) is 0 Å². The minimum atomic E-state index is -0.300. The zero-order valence-electron chi connectivity index (χ0n) is 9.81. The van der Waals surface area contributed by atoms with Crippen LogP contribution in [0.15, 0.2) is 28.8 Å². The summed E-state index contributed by atoms with van der Waals surface area (Å²) in [7, 11) is 0. The maximum Gasteiger partial charge on any atom is 0.236 e. The number of amides is 1. The Kier molecular flexibility index (Phi) is 3.66. The topological polar surface area (TPSA) is 68.0 Å². The van der Waals surface area contributed by atoms with E-state index in [0.717, 1.165) is 5.56 Å². The first kappa shape index (κ1) is 12.2. The van der Waals surface area contributed by atoms with Gasteiger partial charge in [-0.3, -0.25) is 4.79 Å². The fourth-order valence-electron chi connectivity index (χ4n) is 1.41. The van der Waals surface area contributed by atoms with Gasteiger partial charge in [0.1, 0.15) is 12.2 Å². The van der Waals surface area contributed by atoms with Crippen molar-refractivity contribution in [1.29, 1.82) is 0 Å². The van der Waals surface area contributed by atoms with E-state index in [1.165, 1.54) is 12.1 Å². The molecule has 5 nitrogen and oxygen atoms in total. The van der Waals surface area contributed by atoms with Gasteiger partial charge in [-0.25, -0.2) is 4.39 Å². The van der Waals surface area contributed by atoms with Gasteiger partial charge in [-0.1, -0.05) is 17.3 Å². The molecule has 0 saturated carbocycles. The monoisotopic (exact) mass is 249 g/mol. The number of hydrogen-bond acceptors (Lipinski definition) is 4. The van der Waals surface area contributed by atoms with Gasteiger partial charge in [-0.15, -0.1) is 0 Å². The van der Waals surface area contributed by atoms with Crippen LogP contribution in [0.5, 0.6) is 0 Å². The van der Waals surface area contributed by atoms with E-state index in [1.54, 1.807) is 19.1 Å². The molecule has 1 heterocycles. The van der Waals surface area contributed by atoms with E-state index in [0.29, 0.717) is 12.4 Å². The highest BCUT2D eigenvalue weighted by Gasteiger charge is 2.09. The molecular weight excluding hydrogens is 237 g/mol. The Bertz CT molecular complexity index is 537. The van der Waals surface area contributed by atoms with Crippen molar-refractivity contribution in [2.45, 2.75) is 19.9 Å². The number of nitrogens with zero attached hydrogens (tertiary/aromatic N) is 2. The van der Waals surface area contributed by atoms with Gasteiger partial charge < -0.3 is 9.84 Å². The van der Waals surface area contributed by atoms with Gasteiger partial charge in [-0.05, 0) is 24.6 Å². The Balaban J connectivity index is 1.83. The van der Waals surface area contributed by atoms with Crippen molar-refractivity contribution >= 4 is 5.91 Å². The summed E-state index contributed by atoms with van der Waals surface area (Å²) in [5.74, 6) is 0.259. The van der Waals surface area contributed by atoms with Crippen LogP contribution in [0.2, 0.25) is 0 Å². The molecule has 0 saturated heterocycles. The molecule has 0 bridgehead atoms. The summed E-state index contributed by atoms with van der Waals surface area (Å²) in [4.78, 5) is 15.5. The first-order valence-corrected chi connectivity index (χ1v) is 5.44. The zero-order chi connectivity index (χ0) is 13.0. The Hall–Kier alpha value is -2.24. The van der Waals surface area contributed by atoms with Crippen LogP contribution in [0.4, 0.5) is 4.39 Å². The van der Waals surface area contributed by atoms with Gasteiger partial charge >= 0.3 is 0 Å². The zero-order valence-corrected chi connectivity index (χ0v) is 9.81. The number of carbonyl (C=O) groups is 1. The van der Waals surface area contributed by atoms with Crippen molar-refractivity contribution in [2.24, 2.45) is 0 Å². The lowest BCUT2D eigenvalue weighted by molar-refractivity contribution is -0.120. The van der Waals surface area contributed by atoms with Gasteiger partial charge in [0.25, 0.3) is 0 Å². The lowest BCUT2D eigenvalue weighted by Crippen LogP contribution is -2.24. The van der Waals surface area contributed by atoms with Crippen LogP contribution in [0.25, 0.3) is 0 Å². The van der Waals surface area contributed by atoms with Crippen LogP contribution < -0.4 is 5.32 Å². The van der Waals surface area contributed by atoms with E-state index in [2.05, 4.69) is 15.5 Å². The number of aromatic nitrogens is 2. The molecule has 0 atom stereocenters. The summed E-state index contributed by atoms with van der Waals surface area (Å²) in [5, 5.41) is 6.28. The number of hydrogen-bond donors (Lipinski definition) is 1. The van der Waals surface area contributed by atoms with E-state index in [9.17, 15) is 9.18 Å². The molecule has 0 unspecified atom stereocenters. The lowest BCUT2D eigenvalue weighted by atomic mass is 10.2. The highest BCUT2D eigenvalue weighted by Crippen LogP contribution is 2.02. The van der Waals surface area contributed by atoms with Crippen molar-refractivity contribution in [3.05, 3.63) is 47.4 Å². The third-order valence-corrected chi connectivity index (χ3v) is 2.28. The summed E-state index contributed by atoms with van der Waals surface area (Å²) in [5.41, 5.74) is 0.825. The maximum absolute atomic E-state index is 12.7. The van der Waals surface area contributed by atoms with Crippen LogP contribution in [-0.2, 0) is 17.8 Å². The molecule has 2 aromatic rings. The molecule has 0 fully saturated rings. The first-order chi connectivity index (χ1) is 8.63. The second-order valence-corrected chi connectivity index (χ2v) is 3.82. The smallest absolute Gasteiger partial charge is 0.236 e. The van der Waals surface area contributed by atoms with E-state index in [-0.39, 0.29) is 24.0 Å². The molecular formula is C12H12FN3O2. The third kappa shape index (κ3) is 3.38.